The standard InChI is InChI=1S/C14H15ClN2O3/c1-9(8-19-2)16-14(18)12-7-13(20-17-12)10-4-3-5-11(15)6-10/h3-7,9H,8H2,1-2H3,(H,16,18)/t9-/m1/s1. The zero-order chi connectivity index (χ0) is 14.5. The molecule has 0 unspecified atom stereocenters. The third-order valence-corrected chi connectivity index (χ3v) is 2.88. The van der Waals surface area contributed by atoms with E-state index in [-0.39, 0.29) is 17.6 Å². The van der Waals surface area contributed by atoms with E-state index in [0.717, 1.165) is 5.56 Å². The number of ether oxygens (including phenoxy) is 1. The molecule has 1 N–H and O–H groups in total. The van der Waals surface area contributed by atoms with Gasteiger partial charge in [0.15, 0.2) is 11.5 Å². The summed E-state index contributed by atoms with van der Waals surface area (Å²) in [7, 11) is 1.58. The summed E-state index contributed by atoms with van der Waals surface area (Å²) in [6.07, 6.45) is 0. The number of hydrogen-bond donors (Lipinski definition) is 1. The molecule has 6 heteroatoms. The molecule has 106 valence electrons. The van der Waals surface area contributed by atoms with E-state index in [4.69, 9.17) is 20.9 Å². The minimum absolute atomic E-state index is 0.0983. The number of carbonyl (C=O) groups excluding carboxylic acids is 1. The van der Waals surface area contributed by atoms with Crippen LogP contribution in [0.5, 0.6) is 0 Å². The smallest absolute Gasteiger partial charge is 0.273 e. The lowest BCUT2D eigenvalue weighted by molar-refractivity contribution is 0.0896. The predicted octanol–water partition coefficient (Wildman–Crippen LogP) is 2.76. The van der Waals surface area contributed by atoms with Gasteiger partial charge in [-0.1, -0.05) is 28.9 Å². The van der Waals surface area contributed by atoms with Crippen molar-refractivity contribution < 1.29 is 14.1 Å². The number of aromatic nitrogens is 1. The number of benzene rings is 1. The molecule has 2 rings (SSSR count). The van der Waals surface area contributed by atoms with Crippen LogP contribution in [-0.4, -0.2) is 30.8 Å². The van der Waals surface area contributed by atoms with Gasteiger partial charge < -0.3 is 14.6 Å². The zero-order valence-electron chi connectivity index (χ0n) is 11.2. The molecule has 0 aliphatic heterocycles. The summed E-state index contributed by atoms with van der Waals surface area (Å²) in [4.78, 5) is 11.9. The monoisotopic (exact) mass is 294 g/mol. The topological polar surface area (TPSA) is 64.4 Å². The number of halogens is 1. The Morgan fingerprint density at radius 1 is 1.50 bits per heavy atom. The first kappa shape index (κ1) is 14.6. The van der Waals surface area contributed by atoms with E-state index in [1.165, 1.54) is 0 Å². The zero-order valence-corrected chi connectivity index (χ0v) is 12.0. The van der Waals surface area contributed by atoms with Crippen LogP contribution in [0.4, 0.5) is 0 Å². The molecule has 2 aromatic rings. The highest BCUT2D eigenvalue weighted by molar-refractivity contribution is 6.30. The number of hydrogen-bond acceptors (Lipinski definition) is 4. The Hall–Kier alpha value is -1.85. The number of nitrogens with one attached hydrogen (secondary N) is 1. The largest absolute Gasteiger partial charge is 0.383 e. The molecule has 1 atom stereocenters. The molecule has 0 fully saturated rings. The summed E-state index contributed by atoms with van der Waals surface area (Å²) in [6.45, 7) is 2.28. The van der Waals surface area contributed by atoms with E-state index < -0.39 is 0 Å². The summed E-state index contributed by atoms with van der Waals surface area (Å²) in [5.74, 6) is 0.198. The van der Waals surface area contributed by atoms with Gasteiger partial charge in [-0.25, -0.2) is 0 Å². The molecular formula is C14H15ClN2O3. The van der Waals surface area contributed by atoms with Crippen molar-refractivity contribution in [1.82, 2.24) is 10.5 Å². The van der Waals surface area contributed by atoms with Gasteiger partial charge in [-0.3, -0.25) is 4.79 Å². The molecule has 0 aliphatic carbocycles. The fraction of sp³-hybridized carbons (Fsp3) is 0.286. The molecule has 0 radical (unpaired) electrons. The second kappa shape index (κ2) is 6.54. The van der Waals surface area contributed by atoms with E-state index in [1.807, 2.05) is 13.0 Å². The van der Waals surface area contributed by atoms with Crippen molar-refractivity contribution in [3.63, 3.8) is 0 Å². The molecular weight excluding hydrogens is 280 g/mol. The van der Waals surface area contributed by atoms with Crippen molar-refractivity contribution in [3.05, 3.63) is 41.0 Å². The third kappa shape index (κ3) is 3.59. The van der Waals surface area contributed by atoms with Crippen LogP contribution < -0.4 is 5.32 Å². The fourth-order valence-corrected chi connectivity index (χ4v) is 1.94. The molecule has 1 aromatic heterocycles. The van der Waals surface area contributed by atoms with E-state index in [2.05, 4.69) is 10.5 Å². The van der Waals surface area contributed by atoms with Gasteiger partial charge >= 0.3 is 0 Å². The number of nitrogens with zero attached hydrogens (tertiary/aromatic N) is 1. The molecule has 0 spiro atoms. The summed E-state index contributed by atoms with van der Waals surface area (Å²) in [5.41, 5.74) is 0.997. The van der Waals surface area contributed by atoms with Gasteiger partial charge in [-0.2, -0.15) is 0 Å². The van der Waals surface area contributed by atoms with Crippen LogP contribution in [0.15, 0.2) is 34.9 Å². The van der Waals surface area contributed by atoms with Crippen LogP contribution in [-0.2, 0) is 4.74 Å². The fourth-order valence-electron chi connectivity index (χ4n) is 1.75. The summed E-state index contributed by atoms with van der Waals surface area (Å²) < 4.78 is 10.1. The van der Waals surface area contributed by atoms with Crippen LogP contribution in [0.25, 0.3) is 11.3 Å². The molecule has 1 heterocycles. The van der Waals surface area contributed by atoms with Crippen molar-refractivity contribution in [2.75, 3.05) is 13.7 Å². The summed E-state index contributed by atoms with van der Waals surface area (Å²) in [6, 6.07) is 8.64. The maximum atomic E-state index is 11.9. The highest BCUT2D eigenvalue weighted by atomic mass is 35.5. The molecule has 1 amide bonds. The van der Waals surface area contributed by atoms with Gasteiger partial charge in [0.05, 0.1) is 6.61 Å². The maximum absolute atomic E-state index is 11.9. The summed E-state index contributed by atoms with van der Waals surface area (Å²) >= 11 is 5.91. The van der Waals surface area contributed by atoms with Gasteiger partial charge in [0, 0.05) is 29.8 Å². The minimum Gasteiger partial charge on any atom is -0.383 e. The van der Waals surface area contributed by atoms with Crippen LogP contribution in [0.1, 0.15) is 17.4 Å². The van der Waals surface area contributed by atoms with E-state index in [9.17, 15) is 4.79 Å². The number of methoxy groups -OCH3 is 1. The first-order valence-corrected chi connectivity index (χ1v) is 6.50. The second-order valence-corrected chi connectivity index (χ2v) is 4.85. The second-order valence-electron chi connectivity index (χ2n) is 4.42. The van der Waals surface area contributed by atoms with Crippen LogP contribution >= 0.6 is 11.6 Å². The molecule has 1 aromatic carbocycles. The van der Waals surface area contributed by atoms with Crippen molar-refractivity contribution >= 4 is 17.5 Å². The van der Waals surface area contributed by atoms with Gasteiger partial charge in [0.25, 0.3) is 5.91 Å². The Morgan fingerprint density at radius 2 is 2.30 bits per heavy atom. The molecule has 20 heavy (non-hydrogen) atoms. The van der Waals surface area contributed by atoms with Gasteiger partial charge in [0.2, 0.25) is 0 Å². The predicted molar refractivity (Wildman–Crippen MR) is 75.8 cm³/mol. The van der Waals surface area contributed by atoms with Crippen molar-refractivity contribution in [2.24, 2.45) is 0 Å². The first-order chi connectivity index (χ1) is 9.60. The normalized spacial score (nSPS) is 12.2. The molecule has 0 saturated carbocycles. The Kier molecular flexibility index (Phi) is 4.76. The average Bonchev–Trinajstić information content (AvgIpc) is 2.88. The van der Waals surface area contributed by atoms with Crippen molar-refractivity contribution in [2.45, 2.75) is 13.0 Å². The van der Waals surface area contributed by atoms with Crippen LogP contribution in [0.2, 0.25) is 5.02 Å². The number of amides is 1. The van der Waals surface area contributed by atoms with Gasteiger partial charge in [-0.15, -0.1) is 0 Å². The third-order valence-electron chi connectivity index (χ3n) is 2.65. The molecule has 5 nitrogen and oxygen atoms in total. The van der Waals surface area contributed by atoms with Crippen molar-refractivity contribution in [3.8, 4) is 11.3 Å². The molecule has 0 saturated heterocycles. The lowest BCUT2D eigenvalue weighted by Crippen LogP contribution is -2.35. The van der Waals surface area contributed by atoms with E-state index in [1.54, 1.807) is 31.4 Å². The Morgan fingerprint density at radius 3 is 3.00 bits per heavy atom. The van der Waals surface area contributed by atoms with Gasteiger partial charge in [-0.05, 0) is 19.1 Å². The molecule has 0 aliphatic rings. The van der Waals surface area contributed by atoms with Crippen LogP contribution in [0, 0.1) is 0 Å². The number of rotatable bonds is 5. The lowest BCUT2D eigenvalue weighted by atomic mass is 10.1. The van der Waals surface area contributed by atoms with Gasteiger partial charge in [0.1, 0.15) is 0 Å². The molecule has 0 bridgehead atoms. The maximum Gasteiger partial charge on any atom is 0.273 e. The average molecular weight is 295 g/mol. The number of carbonyl (C=O) groups is 1. The first-order valence-electron chi connectivity index (χ1n) is 6.12. The Balaban J connectivity index is 2.11. The Bertz CT molecular complexity index is 598. The lowest BCUT2D eigenvalue weighted by Gasteiger charge is -2.10. The highest BCUT2D eigenvalue weighted by Crippen LogP contribution is 2.23. The summed E-state index contributed by atoms with van der Waals surface area (Å²) in [5, 5.41) is 7.12. The highest BCUT2D eigenvalue weighted by Gasteiger charge is 2.15. The van der Waals surface area contributed by atoms with E-state index in [0.29, 0.717) is 17.4 Å². The van der Waals surface area contributed by atoms with Crippen molar-refractivity contribution in [1.29, 1.82) is 0 Å². The van der Waals surface area contributed by atoms with Crippen LogP contribution in [0.3, 0.4) is 0 Å². The van der Waals surface area contributed by atoms with E-state index >= 15 is 0 Å². The quantitative estimate of drug-likeness (QED) is 0.921. The SMILES string of the molecule is COC[C@@H](C)NC(=O)c1cc(-c2cccc(Cl)c2)on1. The Labute approximate surface area is 121 Å². The minimum atomic E-state index is -0.299.